The predicted octanol–water partition coefficient (Wildman–Crippen LogP) is 1.51. The largest absolute Gasteiger partial charge is 0.399 e. The normalized spacial score (nSPS) is 11.6. The van der Waals surface area contributed by atoms with Crippen molar-refractivity contribution >= 4 is 23.7 Å². The maximum Gasteiger partial charge on any atom is 0.246 e. The molecule has 0 saturated carbocycles. The summed E-state index contributed by atoms with van der Waals surface area (Å²) in [5.41, 5.74) is 6.87. The Kier molecular flexibility index (Phi) is 5.70. The van der Waals surface area contributed by atoms with E-state index in [1.807, 2.05) is 6.92 Å². The number of carbonyl (C=O) groups excluding carboxylic acids is 2. The highest BCUT2D eigenvalue weighted by Crippen LogP contribution is 2.11. The van der Waals surface area contributed by atoms with Crippen molar-refractivity contribution in [1.82, 2.24) is 5.32 Å². The summed E-state index contributed by atoms with van der Waals surface area (Å²) in [4.78, 5) is 22.4. The van der Waals surface area contributed by atoms with Crippen LogP contribution in [-0.2, 0) is 9.59 Å². The zero-order valence-corrected chi connectivity index (χ0v) is 10.5. The van der Waals surface area contributed by atoms with E-state index in [0.29, 0.717) is 24.2 Å². The van der Waals surface area contributed by atoms with Gasteiger partial charge >= 0.3 is 0 Å². The molecule has 0 aliphatic carbocycles. The van der Waals surface area contributed by atoms with Gasteiger partial charge in [-0.05, 0) is 30.7 Å². The molecule has 0 spiro atoms. The van der Waals surface area contributed by atoms with Crippen molar-refractivity contribution < 1.29 is 9.59 Å². The molecular weight excluding hydrogens is 230 g/mol. The smallest absolute Gasteiger partial charge is 0.246 e. The molecule has 1 aromatic rings. The molecule has 0 saturated heterocycles. The molecule has 0 fully saturated rings. The molecule has 5 heteroatoms. The summed E-state index contributed by atoms with van der Waals surface area (Å²) >= 11 is 0. The van der Waals surface area contributed by atoms with Gasteiger partial charge in [0.2, 0.25) is 12.3 Å². The molecule has 0 aliphatic heterocycles. The molecule has 0 bridgehead atoms. The number of nitrogens with one attached hydrogen (secondary N) is 2. The van der Waals surface area contributed by atoms with Crippen LogP contribution in [-0.4, -0.2) is 18.4 Å². The Morgan fingerprint density at radius 3 is 2.61 bits per heavy atom. The molecule has 1 rings (SSSR count). The molecule has 5 nitrogen and oxygen atoms in total. The van der Waals surface area contributed by atoms with E-state index in [-0.39, 0.29) is 5.91 Å². The van der Waals surface area contributed by atoms with Crippen LogP contribution in [0.3, 0.4) is 0 Å². The molecule has 18 heavy (non-hydrogen) atoms. The second-order valence-corrected chi connectivity index (χ2v) is 4.09. The second kappa shape index (κ2) is 7.32. The lowest BCUT2D eigenvalue weighted by atomic mass is 10.1. The van der Waals surface area contributed by atoms with E-state index < -0.39 is 6.04 Å². The summed E-state index contributed by atoms with van der Waals surface area (Å²) < 4.78 is 0. The fraction of sp³-hybridized carbons (Fsp3) is 0.385. The van der Waals surface area contributed by atoms with Crippen LogP contribution in [0.25, 0.3) is 0 Å². The predicted molar refractivity (Wildman–Crippen MR) is 72.0 cm³/mol. The Hall–Kier alpha value is -2.04. The molecule has 0 radical (unpaired) electrons. The van der Waals surface area contributed by atoms with Crippen LogP contribution < -0.4 is 16.4 Å². The molecule has 1 aromatic carbocycles. The van der Waals surface area contributed by atoms with Gasteiger partial charge in [-0.1, -0.05) is 19.8 Å². The number of rotatable bonds is 7. The topological polar surface area (TPSA) is 84.2 Å². The van der Waals surface area contributed by atoms with Crippen LogP contribution >= 0.6 is 0 Å². The van der Waals surface area contributed by atoms with Gasteiger partial charge in [0, 0.05) is 11.4 Å². The summed E-state index contributed by atoms with van der Waals surface area (Å²) in [6.07, 6.45) is 3.06. The number of nitrogens with two attached hydrogens (primary N) is 1. The summed E-state index contributed by atoms with van der Waals surface area (Å²) in [5.74, 6) is -0.208. The van der Waals surface area contributed by atoms with Crippen LogP contribution in [0.1, 0.15) is 26.2 Å². The summed E-state index contributed by atoms with van der Waals surface area (Å²) in [5, 5.41) is 5.28. The van der Waals surface area contributed by atoms with Gasteiger partial charge in [0.15, 0.2) is 0 Å². The standard InChI is InChI=1S/C13H19N3O2/c1-2-3-4-12(15-9-17)13(18)16-11-7-5-10(14)6-8-11/h5-9,12H,2-4,14H2,1H3,(H,15,17)(H,16,18). The van der Waals surface area contributed by atoms with Gasteiger partial charge in [0.1, 0.15) is 6.04 Å². The van der Waals surface area contributed by atoms with E-state index in [2.05, 4.69) is 10.6 Å². The van der Waals surface area contributed by atoms with Crippen molar-refractivity contribution in [3.05, 3.63) is 24.3 Å². The van der Waals surface area contributed by atoms with E-state index in [4.69, 9.17) is 5.73 Å². The van der Waals surface area contributed by atoms with Gasteiger partial charge in [0.05, 0.1) is 0 Å². The third kappa shape index (κ3) is 4.45. The molecular formula is C13H19N3O2. The van der Waals surface area contributed by atoms with Crippen molar-refractivity contribution in [2.24, 2.45) is 0 Å². The molecule has 1 unspecified atom stereocenters. The lowest BCUT2D eigenvalue weighted by Crippen LogP contribution is -2.39. The number of nitrogen functional groups attached to an aromatic ring is 1. The highest BCUT2D eigenvalue weighted by Gasteiger charge is 2.16. The van der Waals surface area contributed by atoms with E-state index >= 15 is 0 Å². The first-order chi connectivity index (χ1) is 8.67. The Labute approximate surface area is 107 Å². The maximum atomic E-state index is 11.9. The Balaban J connectivity index is 2.59. The quantitative estimate of drug-likeness (QED) is 0.506. The summed E-state index contributed by atoms with van der Waals surface area (Å²) in [6, 6.07) is 6.39. The summed E-state index contributed by atoms with van der Waals surface area (Å²) in [7, 11) is 0. The maximum absolute atomic E-state index is 11.9. The Morgan fingerprint density at radius 2 is 2.06 bits per heavy atom. The minimum Gasteiger partial charge on any atom is -0.399 e. The third-order valence-corrected chi connectivity index (χ3v) is 2.61. The molecule has 0 heterocycles. The zero-order valence-electron chi connectivity index (χ0n) is 10.5. The Bertz CT molecular complexity index is 390. The van der Waals surface area contributed by atoms with Crippen molar-refractivity contribution in [2.45, 2.75) is 32.2 Å². The highest BCUT2D eigenvalue weighted by molar-refractivity contribution is 5.95. The molecule has 0 aromatic heterocycles. The van der Waals surface area contributed by atoms with Crippen LogP contribution in [0.2, 0.25) is 0 Å². The van der Waals surface area contributed by atoms with E-state index in [1.54, 1.807) is 24.3 Å². The number of amides is 2. The first-order valence-corrected chi connectivity index (χ1v) is 6.03. The SMILES string of the molecule is CCCCC(NC=O)C(=O)Nc1ccc(N)cc1. The van der Waals surface area contributed by atoms with Crippen molar-refractivity contribution in [1.29, 1.82) is 0 Å². The van der Waals surface area contributed by atoms with Crippen molar-refractivity contribution in [3.63, 3.8) is 0 Å². The molecule has 2 amide bonds. The number of anilines is 2. The van der Waals surface area contributed by atoms with Crippen LogP contribution in [0.4, 0.5) is 11.4 Å². The molecule has 1 atom stereocenters. The minimum absolute atomic E-state index is 0.208. The van der Waals surface area contributed by atoms with Gasteiger partial charge in [-0.25, -0.2) is 0 Å². The lowest BCUT2D eigenvalue weighted by molar-refractivity contribution is -0.121. The highest BCUT2D eigenvalue weighted by atomic mass is 16.2. The van der Waals surface area contributed by atoms with Crippen LogP contribution in [0.15, 0.2) is 24.3 Å². The van der Waals surface area contributed by atoms with Crippen LogP contribution in [0.5, 0.6) is 0 Å². The number of carbonyl (C=O) groups is 2. The van der Waals surface area contributed by atoms with Crippen LogP contribution in [0, 0.1) is 0 Å². The van der Waals surface area contributed by atoms with E-state index in [0.717, 1.165) is 12.8 Å². The van der Waals surface area contributed by atoms with Crippen molar-refractivity contribution in [3.8, 4) is 0 Å². The molecule has 0 aliphatic rings. The number of benzene rings is 1. The monoisotopic (exact) mass is 249 g/mol. The minimum atomic E-state index is -0.486. The first-order valence-electron chi connectivity index (χ1n) is 6.03. The van der Waals surface area contributed by atoms with E-state index in [9.17, 15) is 9.59 Å². The van der Waals surface area contributed by atoms with E-state index in [1.165, 1.54) is 0 Å². The second-order valence-electron chi connectivity index (χ2n) is 4.09. The fourth-order valence-corrected chi connectivity index (χ4v) is 1.58. The van der Waals surface area contributed by atoms with Gasteiger partial charge in [0.25, 0.3) is 0 Å². The fourth-order valence-electron chi connectivity index (χ4n) is 1.58. The van der Waals surface area contributed by atoms with Gasteiger partial charge in [-0.3, -0.25) is 9.59 Å². The lowest BCUT2D eigenvalue weighted by Gasteiger charge is -2.15. The first kappa shape index (κ1) is 14.0. The average Bonchev–Trinajstić information content (AvgIpc) is 2.37. The average molecular weight is 249 g/mol. The third-order valence-electron chi connectivity index (χ3n) is 2.61. The van der Waals surface area contributed by atoms with Gasteiger partial charge in [-0.15, -0.1) is 0 Å². The number of hydrogen-bond acceptors (Lipinski definition) is 3. The molecule has 98 valence electrons. The zero-order chi connectivity index (χ0) is 13.4. The van der Waals surface area contributed by atoms with Crippen molar-refractivity contribution in [2.75, 3.05) is 11.1 Å². The van der Waals surface area contributed by atoms with Gasteiger partial charge in [-0.2, -0.15) is 0 Å². The summed E-state index contributed by atoms with van der Waals surface area (Å²) in [6.45, 7) is 2.04. The van der Waals surface area contributed by atoms with Gasteiger partial charge < -0.3 is 16.4 Å². The Morgan fingerprint density at radius 1 is 1.39 bits per heavy atom. The molecule has 4 N–H and O–H groups in total. The number of hydrogen-bond donors (Lipinski definition) is 3. The number of unbranched alkanes of at least 4 members (excludes halogenated alkanes) is 1.